The highest BCUT2D eigenvalue weighted by atomic mass is 16.2. The lowest BCUT2D eigenvalue weighted by Crippen LogP contribution is -2.43. The second-order valence-corrected chi connectivity index (χ2v) is 7.02. The van der Waals surface area contributed by atoms with E-state index in [0.717, 1.165) is 42.8 Å². The van der Waals surface area contributed by atoms with Crippen LogP contribution in [0.5, 0.6) is 0 Å². The van der Waals surface area contributed by atoms with E-state index in [0.29, 0.717) is 0 Å². The fourth-order valence-electron chi connectivity index (χ4n) is 4.70. The molecule has 0 spiro atoms. The van der Waals surface area contributed by atoms with Gasteiger partial charge in [0.2, 0.25) is 5.91 Å². The van der Waals surface area contributed by atoms with E-state index in [4.69, 9.17) is 0 Å². The third kappa shape index (κ3) is 2.48. The highest BCUT2D eigenvalue weighted by Gasteiger charge is 2.39. The molecule has 3 nitrogen and oxygen atoms in total. The van der Waals surface area contributed by atoms with Crippen molar-refractivity contribution in [2.24, 2.45) is 17.8 Å². The van der Waals surface area contributed by atoms with Crippen molar-refractivity contribution in [2.45, 2.75) is 38.1 Å². The number of carbonyl (C=O) groups is 1. The lowest BCUT2D eigenvalue weighted by atomic mass is 9.88. The molecule has 2 aliphatic carbocycles. The smallest absolute Gasteiger partial charge is 0.241 e. The van der Waals surface area contributed by atoms with Gasteiger partial charge in [0, 0.05) is 13.1 Å². The quantitative estimate of drug-likeness (QED) is 0.895. The number of hydrogen-bond donors (Lipinski definition) is 2. The molecule has 1 heterocycles. The van der Waals surface area contributed by atoms with Gasteiger partial charge >= 0.3 is 0 Å². The molecule has 3 aliphatic rings. The topological polar surface area (TPSA) is 41.1 Å². The molecule has 1 aromatic rings. The Balaban J connectivity index is 1.39. The maximum Gasteiger partial charge on any atom is 0.241 e. The SMILES string of the molecule is O=C(NCC1CC2CCC1C2)C1NCCc2ccccc21. The van der Waals surface area contributed by atoms with E-state index in [2.05, 4.69) is 28.8 Å². The zero-order chi connectivity index (χ0) is 14.2. The van der Waals surface area contributed by atoms with E-state index in [1.54, 1.807) is 0 Å². The molecule has 4 atom stereocenters. The molecule has 4 rings (SSSR count). The molecule has 1 amide bonds. The number of rotatable bonds is 3. The van der Waals surface area contributed by atoms with Crippen LogP contribution in [0.25, 0.3) is 0 Å². The van der Waals surface area contributed by atoms with Crippen LogP contribution in [0.1, 0.15) is 42.9 Å². The molecule has 1 aliphatic heterocycles. The van der Waals surface area contributed by atoms with Gasteiger partial charge in [0.15, 0.2) is 0 Å². The zero-order valence-corrected chi connectivity index (χ0v) is 12.5. The Bertz CT molecular complexity index is 542. The van der Waals surface area contributed by atoms with E-state index < -0.39 is 0 Å². The molecule has 2 N–H and O–H groups in total. The van der Waals surface area contributed by atoms with Gasteiger partial charge in [0.25, 0.3) is 0 Å². The van der Waals surface area contributed by atoms with Crippen molar-refractivity contribution >= 4 is 5.91 Å². The van der Waals surface area contributed by atoms with Crippen LogP contribution in [0.2, 0.25) is 0 Å². The Hall–Kier alpha value is -1.35. The molecule has 2 saturated carbocycles. The second kappa shape index (κ2) is 5.45. The van der Waals surface area contributed by atoms with Crippen molar-refractivity contribution in [2.75, 3.05) is 13.1 Å². The number of carbonyl (C=O) groups excluding carboxylic acids is 1. The minimum atomic E-state index is -0.159. The van der Waals surface area contributed by atoms with E-state index in [-0.39, 0.29) is 11.9 Å². The van der Waals surface area contributed by atoms with Crippen molar-refractivity contribution in [3.05, 3.63) is 35.4 Å². The number of benzene rings is 1. The van der Waals surface area contributed by atoms with Crippen LogP contribution >= 0.6 is 0 Å². The molecule has 2 fully saturated rings. The standard InChI is InChI=1S/C18H24N2O/c21-18(20-11-15-10-12-5-6-14(15)9-12)17-16-4-2-1-3-13(16)7-8-19-17/h1-4,12,14-15,17,19H,5-11H2,(H,20,21). The maximum absolute atomic E-state index is 12.6. The van der Waals surface area contributed by atoms with E-state index >= 15 is 0 Å². The van der Waals surface area contributed by atoms with Gasteiger partial charge in [-0.05, 0) is 54.6 Å². The van der Waals surface area contributed by atoms with Crippen molar-refractivity contribution in [3.63, 3.8) is 0 Å². The zero-order valence-electron chi connectivity index (χ0n) is 12.5. The van der Waals surface area contributed by atoms with Crippen LogP contribution in [-0.2, 0) is 11.2 Å². The summed E-state index contributed by atoms with van der Waals surface area (Å²) in [6.07, 6.45) is 6.57. The van der Waals surface area contributed by atoms with Crippen LogP contribution < -0.4 is 10.6 Å². The summed E-state index contributed by atoms with van der Waals surface area (Å²) in [4.78, 5) is 12.6. The van der Waals surface area contributed by atoms with Gasteiger partial charge in [-0.25, -0.2) is 0 Å². The number of amides is 1. The molecule has 21 heavy (non-hydrogen) atoms. The largest absolute Gasteiger partial charge is 0.354 e. The number of hydrogen-bond acceptors (Lipinski definition) is 2. The molecule has 112 valence electrons. The van der Waals surface area contributed by atoms with E-state index in [1.165, 1.54) is 31.2 Å². The summed E-state index contributed by atoms with van der Waals surface area (Å²) in [5.41, 5.74) is 2.48. The van der Waals surface area contributed by atoms with Gasteiger partial charge in [-0.2, -0.15) is 0 Å². The van der Waals surface area contributed by atoms with Crippen LogP contribution in [-0.4, -0.2) is 19.0 Å². The first-order valence-corrected chi connectivity index (χ1v) is 8.40. The Kier molecular flexibility index (Phi) is 3.46. The first-order valence-electron chi connectivity index (χ1n) is 8.40. The Morgan fingerprint density at radius 3 is 2.95 bits per heavy atom. The average molecular weight is 284 g/mol. The lowest BCUT2D eigenvalue weighted by molar-refractivity contribution is -0.123. The summed E-state index contributed by atoms with van der Waals surface area (Å²) in [7, 11) is 0. The van der Waals surface area contributed by atoms with Gasteiger partial charge < -0.3 is 10.6 Å². The first kappa shape index (κ1) is 13.3. The van der Waals surface area contributed by atoms with Crippen LogP contribution in [0, 0.1) is 17.8 Å². The molecule has 0 radical (unpaired) electrons. The van der Waals surface area contributed by atoms with Crippen molar-refractivity contribution in [1.82, 2.24) is 10.6 Å². The second-order valence-electron chi connectivity index (χ2n) is 7.02. The molecule has 0 aromatic heterocycles. The normalized spacial score (nSPS) is 33.7. The minimum Gasteiger partial charge on any atom is -0.354 e. The Morgan fingerprint density at radius 1 is 1.24 bits per heavy atom. The van der Waals surface area contributed by atoms with Crippen LogP contribution in [0.3, 0.4) is 0 Å². The first-order chi connectivity index (χ1) is 10.3. The van der Waals surface area contributed by atoms with Crippen molar-refractivity contribution < 1.29 is 4.79 Å². The van der Waals surface area contributed by atoms with Gasteiger partial charge in [-0.1, -0.05) is 30.7 Å². The van der Waals surface area contributed by atoms with Gasteiger partial charge in [0.1, 0.15) is 6.04 Å². The monoisotopic (exact) mass is 284 g/mol. The molecule has 1 aromatic carbocycles. The number of nitrogens with one attached hydrogen (secondary N) is 2. The fourth-order valence-corrected chi connectivity index (χ4v) is 4.70. The van der Waals surface area contributed by atoms with Crippen LogP contribution in [0.15, 0.2) is 24.3 Å². The third-order valence-electron chi connectivity index (χ3n) is 5.79. The molecular formula is C18H24N2O. The van der Waals surface area contributed by atoms with Gasteiger partial charge in [-0.15, -0.1) is 0 Å². The fraction of sp³-hybridized carbons (Fsp3) is 0.611. The third-order valence-corrected chi connectivity index (χ3v) is 5.79. The number of fused-ring (bicyclic) bond motifs is 3. The highest BCUT2D eigenvalue weighted by molar-refractivity contribution is 5.83. The van der Waals surface area contributed by atoms with E-state index in [9.17, 15) is 4.79 Å². The van der Waals surface area contributed by atoms with Gasteiger partial charge in [-0.3, -0.25) is 4.79 Å². The van der Waals surface area contributed by atoms with Crippen molar-refractivity contribution in [3.8, 4) is 0 Å². The summed E-state index contributed by atoms with van der Waals surface area (Å²) >= 11 is 0. The predicted octanol–water partition coefficient (Wildman–Crippen LogP) is 2.43. The minimum absolute atomic E-state index is 0.157. The summed E-state index contributed by atoms with van der Waals surface area (Å²) in [5, 5.41) is 6.59. The summed E-state index contributed by atoms with van der Waals surface area (Å²) in [6.45, 7) is 1.77. The summed E-state index contributed by atoms with van der Waals surface area (Å²) in [6, 6.07) is 8.17. The molecule has 4 unspecified atom stereocenters. The Morgan fingerprint density at radius 2 is 2.14 bits per heavy atom. The summed E-state index contributed by atoms with van der Waals surface area (Å²) < 4.78 is 0. The summed E-state index contributed by atoms with van der Waals surface area (Å²) in [5.74, 6) is 2.71. The molecular weight excluding hydrogens is 260 g/mol. The molecule has 0 saturated heterocycles. The van der Waals surface area contributed by atoms with E-state index in [1.807, 2.05) is 6.07 Å². The Labute approximate surface area is 126 Å². The highest BCUT2D eigenvalue weighted by Crippen LogP contribution is 2.47. The van der Waals surface area contributed by atoms with Crippen molar-refractivity contribution in [1.29, 1.82) is 0 Å². The van der Waals surface area contributed by atoms with Gasteiger partial charge in [0.05, 0.1) is 0 Å². The maximum atomic E-state index is 12.6. The lowest BCUT2D eigenvalue weighted by Gasteiger charge is -2.27. The average Bonchev–Trinajstić information content (AvgIpc) is 3.15. The molecule has 2 bridgehead atoms. The van der Waals surface area contributed by atoms with Crippen LogP contribution in [0.4, 0.5) is 0 Å². The predicted molar refractivity (Wildman–Crippen MR) is 82.8 cm³/mol. The molecule has 3 heteroatoms.